The van der Waals surface area contributed by atoms with Crippen molar-refractivity contribution in [3.8, 4) is 0 Å². The Kier molecular flexibility index (Phi) is 7.25. The van der Waals surface area contributed by atoms with E-state index in [4.69, 9.17) is 9.47 Å². The van der Waals surface area contributed by atoms with Crippen LogP contribution in [-0.2, 0) is 19.1 Å². The van der Waals surface area contributed by atoms with E-state index in [1.165, 1.54) is 6.08 Å². The molecule has 0 fully saturated rings. The highest BCUT2D eigenvalue weighted by Gasteiger charge is 2.14. The third-order valence-electron chi connectivity index (χ3n) is 1.74. The highest BCUT2D eigenvalue weighted by Crippen LogP contribution is 2.12. The first-order chi connectivity index (χ1) is 7.51. The Hall–Kier alpha value is -1.32. The smallest absolute Gasteiger partial charge is 0.334 e. The lowest BCUT2D eigenvalue weighted by molar-refractivity contribution is -0.141. The van der Waals surface area contributed by atoms with Gasteiger partial charge in [-0.1, -0.05) is 13.8 Å². The van der Waals surface area contributed by atoms with E-state index >= 15 is 0 Å². The van der Waals surface area contributed by atoms with E-state index in [0.29, 0.717) is 25.2 Å². The maximum atomic E-state index is 11.5. The molecular weight excluding hydrogens is 208 g/mol. The van der Waals surface area contributed by atoms with Crippen LogP contribution in [0.2, 0.25) is 0 Å². The minimum atomic E-state index is -0.494. The van der Waals surface area contributed by atoms with Gasteiger partial charge in [0, 0.05) is 11.6 Å². The molecule has 16 heavy (non-hydrogen) atoms. The summed E-state index contributed by atoms with van der Waals surface area (Å²) in [6, 6.07) is 0. The molecule has 0 aromatic rings. The van der Waals surface area contributed by atoms with Gasteiger partial charge in [0.1, 0.15) is 0 Å². The topological polar surface area (TPSA) is 52.6 Å². The van der Waals surface area contributed by atoms with Crippen molar-refractivity contribution in [2.24, 2.45) is 5.92 Å². The van der Waals surface area contributed by atoms with Crippen molar-refractivity contribution in [2.45, 2.75) is 34.1 Å². The van der Waals surface area contributed by atoms with Crippen LogP contribution in [-0.4, -0.2) is 25.2 Å². The predicted molar refractivity (Wildman–Crippen MR) is 60.8 cm³/mol. The van der Waals surface area contributed by atoms with Crippen LogP contribution in [0.4, 0.5) is 0 Å². The maximum absolute atomic E-state index is 11.5. The molecule has 0 radical (unpaired) electrons. The van der Waals surface area contributed by atoms with Crippen molar-refractivity contribution in [3.63, 3.8) is 0 Å². The molecule has 0 aromatic heterocycles. The molecular formula is C12H20O4. The van der Waals surface area contributed by atoms with Crippen LogP contribution in [0.25, 0.3) is 0 Å². The van der Waals surface area contributed by atoms with Crippen molar-refractivity contribution >= 4 is 11.9 Å². The Labute approximate surface area is 96.6 Å². The Morgan fingerprint density at radius 1 is 1.12 bits per heavy atom. The number of rotatable bonds is 6. The van der Waals surface area contributed by atoms with Crippen molar-refractivity contribution in [1.82, 2.24) is 0 Å². The van der Waals surface area contributed by atoms with E-state index in [2.05, 4.69) is 0 Å². The fraction of sp³-hybridized carbons (Fsp3) is 0.667. The van der Waals surface area contributed by atoms with E-state index in [0.717, 1.165) is 0 Å². The number of ether oxygens (including phenoxy) is 2. The molecule has 0 aromatic carbocycles. The fourth-order valence-electron chi connectivity index (χ4n) is 1.19. The van der Waals surface area contributed by atoms with E-state index in [1.807, 2.05) is 13.8 Å². The number of esters is 2. The lowest BCUT2D eigenvalue weighted by atomic mass is 10.0. The van der Waals surface area contributed by atoms with Gasteiger partial charge >= 0.3 is 11.9 Å². The molecule has 0 rings (SSSR count). The van der Waals surface area contributed by atoms with Crippen LogP contribution in [0, 0.1) is 5.92 Å². The van der Waals surface area contributed by atoms with E-state index in [9.17, 15) is 9.59 Å². The summed E-state index contributed by atoms with van der Waals surface area (Å²) in [6.45, 7) is 7.99. The molecule has 0 unspecified atom stereocenters. The first-order valence-electron chi connectivity index (χ1n) is 5.55. The molecule has 0 heterocycles. The summed E-state index contributed by atoms with van der Waals surface area (Å²) in [5, 5.41) is 0. The first-order valence-corrected chi connectivity index (χ1v) is 5.55. The normalized spacial score (nSPS) is 11.4. The maximum Gasteiger partial charge on any atom is 0.334 e. The van der Waals surface area contributed by atoms with Crippen molar-refractivity contribution < 1.29 is 19.1 Å². The highest BCUT2D eigenvalue weighted by molar-refractivity contribution is 5.96. The SMILES string of the molecule is CCOC(=O)C=C(CC(C)C)C(=O)OCC. The Morgan fingerprint density at radius 3 is 2.12 bits per heavy atom. The summed E-state index contributed by atoms with van der Waals surface area (Å²) in [6.07, 6.45) is 1.74. The van der Waals surface area contributed by atoms with Gasteiger partial charge in [0.25, 0.3) is 0 Å². The zero-order valence-corrected chi connectivity index (χ0v) is 10.4. The Bertz CT molecular complexity index is 266. The molecule has 0 saturated heterocycles. The Balaban J connectivity index is 4.64. The molecule has 0 spiro atoms. The van der Waals surface area contributed by atoms with Gasteiger partial charge in [-0.3, -0.25) is 0 Å². The molecule has 0 N–H and O–H groups in total. The average Bonchev–Trinajstić information content (AvgIpc) is 2.16. The monoisotopic (exact) mass is 228 g/mol. The second-order valence-electron chi connectivity index (χ2n) is 3.74. The van der Waals surface area contributed by atoms with Gasteiger partial charge in [0.2, 0.25) is 0 Å². The average molecular weight is 228 g/mol. The highest BCUT2D eigenvalue weighted by atomic mass is 16.5. The second kappa shape index (κ2) is 7.91. The van der Waals surface area contributed by atoms with Gasteiger partial charge in [-0.2, -0.15) is 0 Å². The molecule has 0 amide bonds. The summed E-state index contributed by atoms with van der Waals surface area (Å²) in [5.74, 6) is -0.652. The van der Waals surface area contributed by atoms with E-state index < -0.39 is 11.9 Å². The van der Waals surface area contributed by atoms with Gasteiger partial charge < -0.3 is 9.47 Å². The molecule has 0 atom stereocenters. The molecule has 92 valence electrons. The van der Waals surface area contributed by atoms with Gasteiger partial charge in [-0.05, 0) is 26.2 Å². The van der Waals surface area contributed by atoms with Crippen LogP contribution >= 0.6 is 0 Å². The van der Waals surface area contributed by atoms with Crippen LogP contribution in [0.1, 0.15) is 34.1 Å². The zero-order valence-electron chi connectivity index (χ0n) is 10.4. The molecule has 0 bridgehead atoms. The van der Waals surface area contributed by atoms with Crippen LogP contribution in [0.3, 0.4) is 0 Å². The van der Waals surface area contributed by atoms with Gasteiger partial charge in [-0.25, -0.2) is 9.59 Å². The quantitative estimate of drug-likeness (QED) is 0.516. The van der Waals surface area contributed by atoms with Crippen LogP contribution < -0.4 is 0 Å². The molecule has 0 aliphatic rings. The van der Waals surface area contributed by atoms with Gasteiger partial charge in [-0.15, -0.1) is 0 Å². The summed E-state index contributed by atoms with van der Waals surface area (Å²) in [5.41, 5.74) is 0.371. The third-order valence-corrected chi connectivity index (χ3v) is 1.74. The van der Waals surface area contributed by atoms with Crippen molar-refractivity contribution in [2.75, 3.05) is 13.2 Å². The van der Waals surface area contributed by atoms with Crippen LogP contribution in [0.15, 0.2) is 11.6 Å². The summed E-state index contributed by atoms with van der Waals surface area (Å²) in [4.78, 5) is 22.8. The van der Waals surface area contributed by atoms with E-state index in [-0.39, 0.29) is 5.92 Å². The number of hydrogen-bond donors (Lipinski definition) is 0. The van der Waals surface area contributed by atoms with Crippen molar-refractivity contribution in [3.05, 3.63) is 11.6 Å². The second-order valence-corrected chi connectivity index (χ2v) is 3.74. The lowest BCUT2D eigenvalue weighted by Crippen LogP contribution is -2.12. The predicted octanol–water partition coefficient (Wildman–Crippen LogP) is 2.09. The number of carbonyl (C=O) groups excluding carboxylic acids is 2. The van der Waals surface area contributed by atoms with Gasteiger partial charge in [0.15, 0.2) is 0 Å². The van der Waals surface area contributed by atoms with Gasteiger partial charge in [0.05, 0.1) is 13.2 Å². The lowest BCUT2D eigenvalue weighted by Gasteiger charge is -2.09. The zero-order chi connectivity index (χ0) is 12.6. The first kappa shape index (κ1) is 14.7. The van der Waals surface area contributed by atoms with Crippen LogP contribution in [0.5, 0.6) is 0 Å². The largest absolute Gasteiger partial charge is 0.463 e. The minimum absolute atomic E-state index is 0.282. The minimum Gasteiger partial charge on any atom is -0.463 e. The molecule has 0 saturated carbocycles. The number of hydrogen-bond acceptors (Lipinski definition) is 4. The van der Waals surface area contributed by atoms with E-state index in [1.54, 1.807) is 13.8 Å². The summed E-state index contributed by atoms with van der Waals surface area (Å²) < 4.78 is 9.63. The molecule has 0 aliphatic carbocycles. The fourth-order valence-corrected chi connectivity index (χ4v) is 1.19. The molecule has 0 aliphatic heterocycles. The van der Waals surface area contributed by atoms with Crippen molar-refractivity contribution in [1.29, 1.82) is 0 Å². The summed E-state index contributed by atoms with van der Waals surface area (Å²) >= 11 is 0. The molecule has 4 nitrogen and oxygen atoms in total. The molecule has 4 heteroatoms. The third kappa shape index (κ3) is 6.22. The summed E-state index contributed by atoms with van der Waals surface area (Å²) in [7, 11) is 0. The Morgan fingerprint density at radius 2 is 1.69 bits per heavy atom. The number of carbonyl (C=O) groups is 2. The standard InChI is InChI=1S/C12H20O4/c1-5-15-11(13)8-10(7-9(3)4)12(14)16-6-2/h8-9H,5-7H2,1-4H3.